The van der Waals surface area contributed by atoms with Crippen LogP contribution >= 0.6 is 0 Å². The summed E-state index contributed by atoms with van der Waals surface area (Å²) in [6.45, 7) is 1.63. The van der Waals surface area contributed by atoms with E-state index in [2.05, 4.69) is 10.1 Å². The lowest BCUT2D eigenvalue weighted by Gasteiger charge is -2.09. The van der Waals surface area contributed by atoms with E-state index in [0.29, 0.717) is 5.69 Å². The van der Waals surface area contributed by atoms with E-state index in [1.165, 1.54) is 24.3 Å². The highest BCUT2D eigenvalue weighted by Crippen LogP contribution is 2.15. The fourth-order valence-electron chi connectivity index (χ4n) is 1.77. The lowest BCUT2D eigenvalue weighted by Crippen LogP contribution is -2.25. The number of aliphatic carboxylic acids is 1. The second kappa shape index (κ2) is 9.05. The van der Waals surface area contributed by atoms with Crippen molar-refractivity contribution in [3.8, 4) is 6.07 Å². The standard InChI is InChI=1S/C16H16N2O6/c1-2-24-16(23)12(9-17)15(22)10-3-5-11(6-4-10)18-13(19)7-8-14(20)21/h3-6,12H,2,7-8H2,1H3,(H,18,19)(H,20,21)/t12-/m1/s1. The van der Waals surface area contributed by atoms with Crippen molar-refractivity contribution in [3.63, 3.8) is 0 Å². The number of amides is 1. The Morgan fingerprint density at radius 3 is 2.33 bits per heavy atom. The van der Waals surface area contributed by atoms with Crippen LogP contribution in [0.25, 0.3) is 0 Å². The molecule has 0 aliphatic rings. The molecule has 1 aromatic carbocycles. The van der Waals surface area contributed by atoms with Gasteiger partial charge in [0.25, 0.3) is 0 Å². The van der Waals surface area contributed by atoms with Gasteiger partial charge in [0.2, 0.25) is 11.8 Å². The molecule has 0 spiro atoms. The number of anilines is 1. The number of carboxylic acid groups (broad SMARTS) is 1. The van der Waals surface area contributed by atoms with Gasteiger partial charge in [-0.25, -0.2) is 0 Å². The maximum Gasteiger partial charge on any atom is 0.331 e. The summed E-state index contributed by atoms with van der Waals surface area (Å²) in [4.78, 5) is 45.6. The molecule has 0 aliphatic heterocycles. The van der Waals surface area contributed by atoms with Gasteiger partial charge in [-0.05, 0) is 31.2 Å². The molecule has 126 valence electrons. The van der Waals surface area contributed by atoms with Crippen molar-refractivity contribution in [2.24, 2.45) is 5.92 Å². The summed E-state index contributed by atoms with van der Waals surface area (Å²) in [5.74, 6) is -4.69. The van der Waals surface area contributed by atoms with Gasteiger partial charge < -0.3 is 15.2 Å². The van der Waals surface area contributed by atoms with Crippen LogP contribution in [0.5, 0.6) is 0 Å². The van der Waals surface area contributed by atoms with E-state index in [0.717, 1.165) is 0 Å². The molecule has 0 heterocycles. The first-order valence-corrected chi connectivity index (χ1v) is 7.11. The molecule has 1 atom stereocenters. The van der Waals surface area contributed by atoms with Crippen LogP contribution in [0.2, 0.25) is 0 Å². The zero-order valence-electron chi connectivity index (χ0n) is 12.9. The van der Waals surface area contributed by atoms with Gasteiger partial charge in [-0.3, -0.25) is 19.2 Å². The molecule has 1 rings (SSSR count). The first kappa shape index (κ1) is 18.8. The Morgan fingerprint density at radius 1 is 1.21 bits per heavy atom. The number of carboxylic acids is 1. The van der Waals surface area contributed by atoms with Crippen molar-refractivity contribution >= 4 is 29.3 Å². The molecule has 0 bridgehead atoms. The Bertz CT molecular complexity index is 675. The highest BCUT2D eigenvalue weighted by atomic mass is 16.5. The summed E-state index contributed by atoms with van der Waals surface area (Å²) in [7, 11) is 0. The third-order valence-corrected chi connectivity index (χ3v) is 2.93. The molecule has 0 unspecified atom stereocenters. The third-order valence-electron chi connectivity index (χ3n) is 2.93. The van der Waals surface area contributed by atoms with Crippen LogP contribution < -0.4 is 5.32 Å². The van der Waals surface area contributed by atoms with Crippen molar-refractivity contribution < 1.29 is 29.0 Å². The molecule has 8 heteroatoms. The number of nitrogens with one attached hydrogen (secondary N) is 1. The number of rotatable bonds is 8. The molecule has 0 radical (unpaired) electrons. The zero-order chi connectivity index (χ0) is 18.1. The Morgan fingerprint density at radius 2 is 1.83 bits per heavy atom. The Balaban J connectivity index is 2.74. The lowest BCUT2D eigenvalue weighted by molar-refractivity contribution is -0.144. The molecule has 2 N–H and O–H groups in total. The fraction of sp³-hybridized carbons (Fsp3) is 0.312. The summed E-state index contributed by atoms with van der Waals surface area (Å²) >= 11 is 0. The van der Waals surface area contributed by atoms with Crippen LogP contribution in [0.1, 0.15) is 30.1 Å². The second-order valence-corrected chi connectivity index (χ2v) is 4.70. The maximum atomic E-state index is 12.1. The van der Waals surface area contributed by atoms with Crippen LogP contribution in [0, 0.1) is 17.2 Å². The average Bonchev–Trinajstić information content (AvgIpc) is 2.54. The molecule has 1 aromatic rings. The van der Waals surface area contributed by atoms with Gasteiger partial charge in [0.05, 0.1) is 19.1 Å². The zero-order valence-corrected chi connectivity index (χ0v) is 12.9. The number of carbonyl (C=O) groups excluding carboxylic acids is 3. The number of ether oxygens (including phenoxy) is 1. The quantitative estimate of drug-likeness (QED) is 0.417. The smallest absolute Gasteiger partial charge is 0.331 e. The van der Waals surface area contributed by atoms with Crippen LogP contribution in [0.15, 0.2) is 24.3 Å². The van der Waals surface area contributed by atoms with E-state index in [9.17, 15) is 19.2 Å². The van der Waals surface area contributed by atoms with Gasteiger partial charge in [0.15, 0.2) is 5.78 Å². The van der Waals surface area contributed by atoms with Crippen molar-refractivity contribution in [3.05, 3.63) is 29.8 Å². The van der Waals surface area contributed by atoms with E-state index >= 15 is 0 Å². The van der Waals surface area contributed by atoms with Crippen molar-refractivity contribution in [2.45, 2.75) is 19.8 Å². The van der Waals surface area contributed by atoms with Crippen LogP contribution in [-0.2, 0) is 19.1 Å². The average molecular weight is 332 g/mol. The van der Waals surface area contributed by atoms with Crippen LogP contribution in [-0.4, -0.2) is 35.3 Å². The summed E-state index contributed by atoms with van der Waals surface area (Å²) in [5.41, 5.74) is 0.490. The van der Waals surface area contributed by atoms with E-state index in [1.807, 2.05) is 0 Å². The van der Waals surface area contributed by atoms with Gasteiger partial charge in [0.1, 0.15) is 0 Å². The molecule has 0 saturated carbocycles. The minimum Gasteiger partial charge on any atom is -0.481 e. The number of carbonyl (C=O) groups is 4. The number of esters is 1. The normalized spacial score (nSPS) is 11.0. The summed E-state index contributed by atoms with van der Waals surface area (Å²) in [5, 5.41) is 19.9. The molecule has 24 heavy (non-hydrogen) atoms. The van der Waals surface area contributed by atoms with E-state index in [1.54, 1.807) is 13.0 Å². The topological polar surface area (TPSA) is 134 Å². The number of nitrogens with zero attached hydrogens (tertiary/aromatic N) is 1. The largest absolute Gasteiger partial charge is 0.481 e. The Labute approximate surface area is 138 Å². The monoisotopic (exact) mass is 332 g/mol. The highest BCUT2D eigenvalue weighted by molar-refractivity contribution is 6.10. The summed E-state index contributed by atoms with van der Waals surface area (Å²) in [6, 6.07) is 7.17. The molecule has 8 nitrogen and oxygen atoms in total. The minimum absolute atomic E-state index is 0.0611. The SMILES string of the molecule is CCOC(=O)[C@H](C#N)C(=O)c1ccc(NC(=O)CCC(=O)O)cc1. The van der Waals surface area contributed by atoms with Crippen LogP contribution in [0.4, 0.5) is 5.69 Å². The highest BCUT2D eigenvalue weighted by Gasteiger charge is 2.28. The molecular formula is C16H16N2O6. The van der Waals surface area contributed by atoms with Gasteiger partial charge >= 0.3 is 11.9 Å². The predicted molar refractivity (Wildman–Crippen MR) is 82.0 cm³/mol. The molecular weight excluding hydrogens is 316 g/mol. The molecule has 0 aromatic heterocycles. The number of ketones is 1. The van der Waals surface area contributed by atoms with Gasteiger partial charge in [0, 0.05) is 17.7 Å². The van der Waals surface area contributed by atoms with E-state index in [-0.39, 0.29) is 25.0 Å². The molecule has 0 aliphatic carbocycles. The predicted octanol–water partition coefficient (Wildman–Crippen LogP) is 1.38. The van der Waals surface area contributed by atoms with Crippen molar-refractivity contribution in [1.29, 1.82) is 5.26 Å². The first-order chi connectivity index (χ1) is 11.4. The number of nitriles is 1. The maximum absolute atomic E-state index is 12.1. The molecule has 1 amide bonds. The third kappa shape index (κ3) is 5.53. The van der Waals surface area contributed by atoms with Crippen molar-refractivity contribution in [2.75, 3.05) is 11.9 Å². The Hall–Kier alpha value is -3.21. The second-order valence-electron chi connectivity index (χ2n) is 4.70. The van der Waals surface area contributed by atoms with E-state index < -0.39 is 29.5 Å². The van der Waals surface area contributed by atoms with Gasteiger partial charge in [-0.1, -0.05) is 0 Å². The lowest BCUT2D eigenvalue weighted by atomic mass is 9.99. The van der Waals surface area contributed by atoms with Crippen LogP contribution in [0.3, 0.4) is 0 Å². The first-order valence-electron chi connectivity index (χ1n) is 7.11. The van der Waals surface area contributed by atoms with Crippen molar-refractivity contribution in [1.82, 2.24) is 0 Å². The summed E-state index contributed by atoms with van der Waals surface area (Å²) in [6.07, 6.45) is -0.457. The van der Waals surface area contributed by atoms with Gasteiger partial charge in [-0.15, -0.1) is 0 Å². The van der Waals surface area contributed by atoms with Gasteiger partial charge in [-0.2, -0.15) is 5.26 Å². The molecule has 0 fully saturated rings. The minimum atomic E-state index is -1.54. The Kier molecular flexibility index (Phi) is 7.10. The number of Topliss-reactive ketones (excluding diaryl/α,β-unsaturated/α-hetero) is 1. The molecule has 0 saturated heterocycles. The fourth-order valence-corrected chi connectivity index (χ4v) is 1.77. The number of benzene rings is 1. The summed E-state index contributed by atoms with van der Waals surface area (Å²) < 4.78 is 4.67. The number of hydrogen-bond donors (Lipinski definition) is 2. The number of hydrogen-bond acceptors (Lipinski definition) is 6. The van der Waals surface area contributed by atoms with E-state index in [4.69, 9.17) is 10.4 Å².